The molecule has 0 fully saturated rings. The lowest BCUT2D eigenvalue weighted by molar-refractivity contribution is 0.0875. The zero-order valence-electron chi connectivity index (χ0n) is 8.70. The molecule has 3 N–H and O–H groups in total. The summed E-state index contributed by atoms with van der Waals surface area (Å²) in [7, 11) is 0. The summed E-state index contributed by atoms with van der Waals surface area (Å²) < 4.78 is 4.97. The Balaban J connectivity index is 2.66. The SMILES string of the molecule is CC(N)C(C)(C)NC(=O)c1ccco1. The van der Waals surface area contributed by atoms with Gasteiger partial charge in [0, 0.05) is 11.6 Å². The molecule has 1 atom stereocenters. The highest BCUT2D eigenvalue weighted by molar-refractivity contribution is 5.91. The Bertz CT molecular complexity index is 302. The number of hydrogen-bond acceptors (Lipinski definition) is 3. The van der Waals surface area contributed by atoms with E-state index in [2.05, 4.69) is 5.32 Å². The van der Waals surface area contributed by atoms with Gasteiger partial charge >= 0.3 is 0 Å². The van der Waals surface area contributed by atoms with Crippen LogP contribution in [-0.4, -0.2) is 17.5 Å². The lowest BCUT2D eigenvalue weighted by atomic mass is 9.97. The van der Waals surface area contributed by atoms with Gasteiger partial charge in [0.2, 0.25) is 0 Å². The first-order chi connectivity index (χ1) is 6.43. The average Bonchev–Trinajstić information content (AvgIpc) is 2.54. The van der Waals surface area contributed by atoms with E-state index in [0.29, 0.717) is 5.76 Å². The summed E-state index contributed by atoms with van der Waals surface area (Å²) in [6.07, 6.45) is 1.47. The molecule has 0 aliphatic carbocycles. The Kier molecular flexibility index (Phi) is 2.96. The van der Waals surface area contributed by atoms with E-state index in [0.717, 1.165) is 0 Å². The molecule has 1 unspecified atom stereocenters. The van der Waals surface area contributed by atoms with Crippen molar-refractivity contribution in [2.45, 2.75) is 32.4 Å². The third-order valence-electron chi connectivity index (χ3n) is 2.32. The maximum absolute atomic E-state index is 11.6. The van der Waals surface area contributed by atoms with Crippen LogP contribution >= 0.6 is 0 Å². The van der Waals surface area contributed by atoms with Crippen LogP contribution in [0.4, 0.5) is 0 Å². The van der Waals surface area contributed by atoms with Crippen LogP contribution in [0, 0.1) is 0 Å². The highest BCUT2D eigenvalue weighted by Crippen LogP contribution is 2.09. The van der Waals surface area contributed by atoms with Gasteiger partial charge in [0.05, 0.1) is 6.26 Å². The molecule has 4 nitrogen and oxygen atoms in total. The van der Waals surface area contributed by atoms with Crippen LogP contribution in [0.5, 0.6) is 0 Å². The normalized spacial score (nSPS) is 13.7. The molecule has 0 spiro atoms. The van der Waals surface area contributed by atoms with E-state index in [1.165, 1.54) is 6.26 Å². The number of carbonyl (C=O) groups is 1. The smallest absolute Gasteiger partial charge is 0.287 e. The number of furan rings is 1. The number of amides is 1. The number of nitrogens with one attached hydrogen (secondary N) is 1. The minimum absolute atomic E-state index is 0.124. The Hall–Kier alpha value is -1.29. The lowest BCUT2D eigenvalue weighted by Gasteiger charge is -2.29. The number of nitrogens with two attached hydrogens (primary N) is 1. The summed E-state index contributed by atoms with van der Waals surface area (Å²) in [5.41, 5.74) is 5.29. The van der Waals surface area contributed by atoms with Crippen molar-refractivity contribution in [3.05, 3.63) is 24.2 Å². The Morgan fingerprint density at radius 2 is 2.29 bits per heavy atom. The second-order valence-electron chi connectivity index (χ2n) is 3.94. The standard InChI is InChI=1S/C10H16N2O2/c1-7(11)10(2,3)12-9(13)8-5-4-6-14-8/h4-7H,11H2,1-3H3,(H,12,13). The van der Waals surface area contributed by atoms with Gasteiger partial charge in [-0.3, -0.25) is 4.79 Å². The molecule has 4 heteroatoms. The highest BCUT2D eigenvalue weighted by Gasteiger charge is 2.26. The van der Waals surface area contributed by atoms with E-state index in [1.54, 1.807) is 12.1 Å². The molecule has 1 aromatic heterocycles. The molecule has 1 rings (SSSR count). The summed E-state index contributed by atoms with van der Waals surface area (Å²) >= 11 is 0. The first kappa shape index (κ1) is 10.8. The molecule has 0 aromatic carbocycles. The largest absolute Gasteiger partial charge is 0.459 e. The van der Waals surface area contributed by atoms with Crippen molar-refractivity contribution in [3.8, 4) is 0 Å². The fourth-order valence-electron chi connectivity index (χ4n) is 0.876. The van der Waals surface area contributed by atoms with Crippen LogP contribution in [-0.2, 0) is 0 Å². The zero-order valence-corrected chi connectivity index (χ0v) is 8.70. The molecule has 1 heterocycles. The van der Waals surface area contributed by atoms with Crippen LogP contribution < -0.4 is 11.1 Å². The third-order valence-corrected chi connectivity index (χ3v) is 2.32. The Labute approximate surface area is 83.5 Å². The number of hydrogen-bond donors (Lipinski definition) is 2. The van der Waals surface area contributed by atoms with Gasteiger partial charge in [0.25, 0.3) is 5.91 Å². The maximum Gasteiger partial charge on any atom is 0.287 e. The van der Waals surface area contributed by atoms with Gasteiger partial charge in [-0.25, -0.2) is 0 Å². The van der Waals surface area contributed by atoms with Gasteiger partial charge in [-0.2, -0.15) is 0 Å². The first-order valence-electron chi connectivity index (χ1n) is 4.55. The van der Waals surface area contributed by atoms with Crippen molar-refractivity contribution < 1.29 is 9.21 Å². The molecule has 78 valence electrons. The second kappa shape index (κ2) is 3.84. The summed E-state index contributed by atoms with van der Waals surface area (Å²) in [4.78, 5) is 11.6. The van der Waals surface area contributed by atoms with Gasteiger partial charge in [0.15, 0.2) is 5.76 Å². The quantitative estimate of drug-likeness (QED) is 0.761. The van der Waals surface area contributed by atoms with Crippen molar-refractivity contribution in [1.29, 1.82) is 0 Å². The van der Waals surface area contributed by atoms with Gasteiger partial charge in [-0.1, -0.05) is 0 Å². The van der Waals surface area contributed by atoms with Crippen molar-refractivity contribution in [2.24, 2.45) is 5.73 Å². The molecule has 0 bridgehead atoms. The average molecular weight is 196 g/mol. The van der Waals surface area contributed by atoms with Gasteiger partial charge < -0.3 is 15.5 Å². The zero-order chi connectivity index (χ0) is 10.8. The van der Waals surface area contributed by atoms with Gasteiger partial charge in [-0.05, 0) is 32.9 Å². The predicted octanol–water partition coefficient (Wildman–Crippen LogP) is 1.14. The van der Waals surface area contributed by atoms with Crippen LogP contribution in [0.2, 0.25) is 0 Å². The molecule has 0 radical (unpaired) electrons. The molecule has 0 saturated carbocycles. The molecule has 0 saturated heterocycles. The van der Waals surface area contributed by atoms with E-state index >= 15 is 0 Å². The highest BCUT2D eigenvalue weighted by atomic mass is 16.3. The van der Waals surface area contributed by atoms with Crippen LogP contribution in [0.3, 0.4) is 0 Å². The van der Waals surface area contributed by atoms with Crippen molar-refractivity contribution in [1.82, 2.24) is 5.32 Å². The van der Waals surface area contributed by atoms with Crippen molar-refractivity contribution in [2.75, 3.05) is 0 Å². The summed E-state index contributed by atoms with van der Waals surface area (Å²) in [6, 6.07) is 3.17. The second-order valence-corrected chi connectivity index (χ2v) is 3.94. The van der Waals surface area contributed by atoms with Crippen LogP contribution in [0.25, 0.3) is 0 Å². The van der Waals surface area contributed by atoms with Gasteiger partial charge in [-0.15, -0.1) is 0 Å². The van der Waals surface area contributed by atoms with E-state index < -0.39 is 5.54 Å². The molecule has 0 aliphatic heterocycles. The summed E-state index contributed by atoms with van der Waals surface area (Å²) in [6.45, 7) is 5.60. The topological polar surface area (TPSA) is 68.3 Å². The third kappa shape index (κ3) is 2.35. The van der Waals surface area contributed by atoms with Crippen molar-refractivity contribution >= 4 is 5.91 Å². The van der Waals surface area contributed by atoms with Crippen LogP contribution in [0.1, 0.15) is 31.3 Å². The molecular weight excluding hydrogens is 180 g/mol. The molecular formula is C10H16N2O2. The minimum Gasteiger partial charge on any atom is -0.459 e. The fraction of sp³-hybridized carbons (Fsp3) is 0.500. The Morgan fingerprint density at radius 3 is 2.71 bits per heavy atom. The summed E-state index contributed by atoms with van der Waals surface area (Å²) in [5, 5.41) is 2.80. The van der Waals surface area contributed by atoms with E-state index in [1.807, 2.05) is 20.8 Å². The predicted molar refractivity (Wildman–Crippen MR) is 53.9 cm³/mol. The van der Waals surface area contributed by atoms with E-state index in [9.17, 15) is 4.79 Å². The minimum atomic E-state index is -0.441. The number of carbonyl (C=O) groups excluding carboxylic acids is 1. The van der Waals surface area contributed by atoms with E-state index in [-0.39, 0.29) is 11.9 Å². The first-order valence-corrected chi connectivity index (χ1v) is 4.55. The monoisotopic (exact) mass is 196 g/mol. The summed E-state index contributed by atoms with van der Waals surface area (Å²) in [5.74, 6) is 0.0658. The Morgan fingerprint density at radius 1 is 1.64 bits per heavy atom. The van der Waals surface area contributed by atoms with Gasteiger partial charge in [0.1, 0.15) is 0 Å². The van der Waals surface area contributed by atoms with Crippen LogP contribution in [0.15, 0.2) is 22.8 Å². The molecule has 1 aromatic rings. The van der Waals surface area contributed by atoms with Crippen molar-refractivity contribution in [3.63, 3.8) is 0 Å². The fourth-order valence-corrected chi connectivity index (χ4v) is 0.876. The van der Waals surface area contributed by atoms with E-state index in [4.69, 9.17) is 10.2 Å². The number of rotatable bonds is 3. The molecule has 0 aliphatic rings. The molecule has 14 heavy (non-hydrogen) atoms. The maximum atomic E-state index is 11.6. The lowest BCUT2D eigenvalue weighted by Crippen LogP contribution is -2.54. The molecule has 1 amide bonds.